The molecule has 1 aromatic heterocycles. The number of nitrogens with one attached hydrogen (secondary N) is 1. The van der Waals surface area contributed by atoms with Crippen LogP contribution in [0.15, 0.2) is 0 Å². The molecular formula is C16H25ClN4S. The molecule has 1 aliphatic carbocycles. The first kappa shape index (κ1) is 15.2. The van der Waals surface area contributed by atoms with Gasteiger partial charge in [-0.05, 0) is 51.1 Å². The summed E-state index contributed by atoms with van der Waals surface area (Å²) in [4.78, 5) is 10.8. The predicted octanol–water partition coefficient (Wildman–Crippen LogP) is 2.97. The quantitative estimate of drug-likeness (QED) is 0.862. The second-order valence-corrected chi connectivity index (χ2v) is 8.34. The fourth-order valence-corrected chi connectivity index (χ4v) is 4.95. The summed E-state index contributed by atoms with van der Waals surface area (Å²) in [6, 6.07) is 0.920. The molecule has 1 aromatic rings. The molecule has 3 fully saturated rings. The first-order valence-electron chi connectivity index (χ1n) is 8.64. The summed E-state index contributed by atoms with van der Waals surface area (Å²) in [7, 11) is 0. The van der Waals surface area contributed by atoms with Crippen LogP contribution in [0.1, 0.15) is 37.0 Å². The third-order valence-electron chi connectivity index (χ3n) is 5.11. The minimum Gasteiger partial charge on any atom is -0.348 e. The van der Waals surface area contributed by atoms with Crippen molar-refractivity contribution in [3.63, 3.8) is 0 Å². The van der Waals surface area contributed by atoms with Crippen LogP contribution in [0.4, 0.5) is 5.13 Å². The molecule has 1 saturated carbocycles. The lowest BCUT2D eigenvalue weighted by Crippen LogP contribution is -2.27. The molecule has 4 nitrogen and oxygen atoms in total. The molecule has 0 aromatic carbocycles. The molecule has 2 aliphatic heterocycles. The summed E-state index contributed by atoms with van der Waals surface area (Å²) in [5.74, 6) is 0.811. The molecule has 1 atom stereocenters. The Balaban J connectivity index is 1.25. The van der Waals surface area contributed by atoms with E-state index >= 15 is 0 Å². The maximum absolute atomic E-state index is 6.32. The highest BCUT2D eigenvalue weighted by atomic mass is 35.5. The number of aromatic nitrogens is 1. The lowest BCUT2D eigenvalue weighted by Gasteiger charge is -2.15. The Bertz CT molecular complexity index is 510. The van der Waals surface area contributed by atoms with Gasteiger partial charge in [-0.15, -0.1) is 0 Å². The van der Waals surface area contributed by atoms with Crippen LogP contribution in [-0.4, -0.2) is 48.6 Å². The van der Waals surface area contributed by atoms with Crippen LogP contribution in [0.2, 0.25) is 5.15 Å². The number of hydrogen-bond donors (Lipinski definition) is 1. The summed E-state index contributed by atoms with van der Waals surface area (Å²) in [6.07, 6.45) is 6.76. The summed E-state index contributed by atoms with van der Waals surface area (Å²) >= 11 is 8.08. The number of nitrogens with zero attached hydrogens (tertiary/aromatic N) is 3. The summed E-state index contributed by atoms with van der Waals surface area (Å²) in [6.45, 7) is 6.83. The lowest BCUT2D eigenvalue weighted by atomic mass is 10.1. The molecule has 4 rings (SSSR count). The van der Waals surface area contributed by atoms with E-state index in [1.54, 1.807) is 11.3 Å². The molecule has 0 unspecified atom stereocenters. The third kappa shape index (κ3) is 3.42. The van der Waals surface area contributed by atoms with E-state index in [1.807, 2.05) is 0 Å². The van der Waals surface area contributed by atoms with Gasteiger partial charge in [0.05, 0.1) is 4.88 Å². The second kappa shape index (κ2) is 6.63. The van der Waals surface area contributed by atoms with Gasteiger partial charge in [-0.3, -0.25) is 0 Å². The Morgan fingerprint density at radius 3 is 2.77 bits per heavy atom. The summed E-state index contributed by atoms with van der Waals surface area (Å²) < 4.78 is 0. The van der Waals surface area contributed by atoms with E-state index in [9.17, 15) is 0 Å². The lowest BCUT2D eigenvalue weighted by molar-refractivity contribution is 0.312. The van der Waals surface area contributed by atoms with Gasteiger partial charge in [-0.2, -0.15) is 0 Å². The van der Waals surface area contributed by atoms with Crippen LogP contribution in [0, 0.1) is 5.92 Å². The number of likely N-dealkylation sites (tertiary alicyclic amines) is 1. The number of hydrogen-bond acceptors (Lipinski definition) is 5. The van der Waals surface area contributed by atoms with Gasteiger partial charge in [-0.25, -0.2) is 4.98 Å². The Labute approximate surface area is 141 Å². The second-order valence-electron chi connectivity index (χ2n) is 6.92. The van der Waals surface area contributed by atoms with Crippen LogP contribution >= 0.6 is 22.9 Å². The van der Waals surface area contributed by atoms with E-state index in [4.69, 9.17) is 11.6 Å². The Morgan fingerprint density at radius 2 is 2.00 bits per heavy atom. The standard InChI is InChI=1S/C16H25ClN4S/c17-15-14(22-16(19-15)20-6-1-2-7-20)10-18-9-12-5-8-21(11-12)13-3-4-13/h12-13,18H,1-11H2/t12-/m1/s1. The molecule has 3 heterocycles. The van der Waals surface area contributed by atoms with Gasteiger partial charge in [0.15, 0.2) is 5.13 Å². The highest BCUT2D eigenvalue weighted by molar-refractivity contribution is 7.16. The van der Waals surface area contributed by atoms with Gasteiger partial charge < -0.3 is 15.1 Å². The van der Waals surface area contributed by atoms with Crippen molar-refractivity contribution >= 4 is 28.1 Å². The van der Waals surface area contributed by atoms with Crippen LogP contribution in [0.25, 0.3) is 0 Å². The number of rotatable bonds is 6. The zero-order valence-electron chi connectivity index (χ0n) is 13.1. The van der Waals surface area contributed by atoms with Crippen molar-refractivity contribution < 1.29 is 0 Å². The van der Waals surface area contributed by atoms with Crippen molar-refractivity contribution in [2.75, 3.05) is 37.6 Å². The molecule has 0 radical (unpaired) electrons. The van der Waals surface area contributed by atoms with Crippen molar-refractivity contribution in [3.8, 4) is 0 Å². The molecule has 0 amide bonds. The van der Waals surface area contributed by atoms with E-state index in [-0.39, 0.29) is 0 Å². The van der Waals surface area contributed by atoms with Crippen LogP contribution in [0.3, 0.4) is 0 Å². The third-order valence-corrected chi connectivity index (χ3v) is 6.65. The average Bonchev–Trinajstić information content (AvgIpc) is 2.94. The maximum atomic E-state index is 6.32. The minimum absolute atomic E-state index is 0.699. The van der Waals surface area contributed by atoms with Crippen LogP contribution < -0.4 is 10.2 Å². The van der Waals surface area contributed by atoms with E-state index in [0.717, 1.165) is 43.3 Å². The van der Waals surface area contributed by atoms with Crippen LogP contribution in [0.5, 0.6) is 0 Å². The molecule has 6 heteroatoms. The van der Waals surface area contributed by atoms with Gasteiger partial charge in [-0.1, -0.05) is 22.9 Å². The van der Waals surface area contributed by atoms with Crippen molar-refractivity contribution in [2.45, 2.75) is 44.7 Å². The highest BCUT2D eigenvalue weighted by Crippen LogP contribution is 2.33. The Hall–Kier alpha value is -0.360. The zero-order valence-corrected chi connectivity index (χ0v) is 14.6. The van der Waals surface area contributed by atoms with E-state index < -0.39 is 0 Å². The molecule has 3 aliphatic rings. The average molecular weight is 341 g/mol. The normalized spacial score (nSPS) is 26.2. The topological polar surface area (TPSA) is 31.4 Å². The number of halogens is 1. The van der Waals surface area contributed by atoms with Crippen molar-refractivity contribution in [1.82, 2.24) is 15.2 Å². The van der Waals surface area contributed by atoms with Crippen molar-refractivity contribution in [3.05, 3.63) is 10.0 Å². The highest BCUT2D eigenvalue weighted by Gasteiger charge is 2.34. The van der Waals surface area contributed by atoms with Gasteiger partial charge >= 0.3 is 0 Å². The first-order chi connectivity index (χ1) is 10.8. The monoisotopic (exact) mass is 340 g/mol. The zero-order chi connectivity index (χ0) is 14.9. The molecule has 2 saturated heterocycles. The number of thiazole rings is 1. The van der Waals surface area contributed by atoms with E-state index in [1.165, 1.54) is 50.1 Å². The maximum Gasteiger partial charge on any atom is 0.187 e. The van der Waals surface area contributed by atoms with Crippen molar-refractivity contribution in [2.24, 2.45) is 5.92 Å². The molecule has 22 heavy (non-hydrogen) atoms. The van der Waals surface area contributed by atoms with Gasteiger partial charge in [0.2, 0.25) is 0 Å². The fraction of sp³-hybridized carbons (Fsp3) is 0.812. The van der Waals surface area contributed by atoms with Crippen molar-refractivity contribution in [1.29, 1.82) is 0 Å². The van der Waals surface area contributed by atoms with Gasteiger partial charge in [0.1, 0.15) is 5.15 Å². The van der Waals surface area contributed by atoms with E-state index in [0.29, 0.717) is 5.15 Å². The van der Waals surface area contributed by atoms with Gasteiger partial charge in [0.25, 0.3) is 0 Å². The smallest absolute Gasteiger partial charge is 0.187 e. The Morgan fingerprint density at radius 1 is 1.18 bits per heavy atom. The molecule has 122 valence electrons. The largest absolute Gasteiger partial charge is 0.348 e. The molecule has 0 bridgehead atoms. The Kier molecular flexibility index (Phi) is 4.58. The fourth-order valence-electron chi connectivity index (χ4n) is 3.66. The summed E-state index contributed by atoms with van der Waals surface area (Å²) in [5, 5.41) is 5.42. The first-order valence-corrected chi connectivity index (χ1v) is 9.84. The summed E-state index contributed by atoms with van der Waals surface area (Å²) in [5.41, 5.74) is 0. The van der Waals surface area contributed by atoms with Gasteiger partial charge in [0, 0.05) is 32.2 Å². The molecular weight excluding hydrogens is 316 g/mol. The molecule has 0 spiro atoms. The predicted molar refractivity (Wildman–Crippen MR) is 93.0 cm³/mol. The SMILES string of the molecule is Clc1nc(N2CCCC2)sc1CNC[C@H]1CCN(C2CC2)C1. The number of anilines is 1. The molecule has 1 N–H and O–H groups in total. The van der Waals surface area contributed by atoms with E-state index in [2.05, 4.69) is 20.1 Å². The minimum atomic E-state index is 0.699. The van der Waals surface area contributed by atoms with Crippen LogP contribution in [-0.2, 0) is 6.54 Å².